The molecular formula is C22H27ClN2O2S. The number of carbonyl (C=O) groups excluding carboxylic acids is 2. The molecule has 0 heterocycles. The molecule has 0 saturated carbocycles. The van der Waals surface area contributed by atoms with Crippen LogP contribution in [0.1, 0.15) is 31.4 Å². The molecule has 150 valence electrons. The van der Waals surface area contributed by atoms with Gasteiger partial charge >= 0.3 is 0 Å². The van der Waals surface area contributed by atoms with Crippen molar-refractivity contribution in [2.75, 3.05) is 12.3 Å². The second-order valence-corrected chi connectivity index (χ2v) is 7.98. The summed E-state index contributed by atoms with van der Waals surface area (Å²) in [6, 6.07) is 17.0. The van der Waals surface area contributed by atoms with Crippen LogP contribution < -0.4 is 5.32 Å². The van der Waals surface area contributed by atoms with E-state index >= 15 is 0 Å². The number of carbonyl (C=O) groups is 2. The summed E-state index contributed by atoms with van der Waals surface area (Å²) in [5, 5.41) is 3.40. The summed E-state index contributed by atoms with van der Waals surface area (Å²) in [7, 11) is 0. The van der Waals surface area contributed by atoms with Crippen molar-refractivity contribution in [3.63, 3.8) is 0 Å². The van der Waals surface area contributed by atoms with Crippen molar-refractivity contribution in [3.8, 4) is 0 Å². The SMILES string of the molecule is CCNC(=O)[C@@H](C)N(Cc1ccccc1Cl)C(=O)CCSCc1ccccc1. The Bertz CT molecular complexity index is 770. The molecule has 4 nitrogen and oxygen atoms in total. The molecule has 0 aliphatic heterocycles. The van der Waals surface area contributed by atoms with Gasteiger partial charge in [0.25, 0.3) is 0 Å². The molecule has 0 unspecified atom stereocenters. The van der Waals surface area contributed by atoms with Gasteiger partial charge in [-0.1, -0.05) is 60.1 Å². The molecule has 0 saturated heterocycles. The van der Waals surface area contributed by atoms with Gasteiger partial charge in [0.15, 0.2) is 0 Å². The standard InChI is InChI=1S/C22H27ClN2O2S/c1-3-24-22(27)17(2)25(15-19-11-7-8-12-20(19)23)21(26)13-14-28-16-18-9-5-4-6-10-18/h4-12,17H,3,13-16H2,1-2H3,(H,24,27)/t17-/m1/s1. The summed E-state index contributed by atoms with van der Waals surface area (Å²) in [6.45, 7) is 4.48. The van der Waals surface area contributed by atoms with E-state index in [0.29, 0.717) is 30.3 Å². The highest BCUT2D eigenvalue weighted by atomic mass is 35.5. The number of rotatable bonds is 10. The molecule has 0 radical (unpaired) electrons. The van der Waals surface area contributed by atoms with Crippen molar-refractivity contribution >= 4 is 35.2 Å². The van der Waals surface area contributed by atoms with E-state index < -0.39 is 6.04 Å². The van der Waals surface area contributed by atoms with E-state index in [4.69, 9.17) is 11.6 Å². The highest BCUT2D eigenvalue weighted by molar-refractivity contribution is 7.98. The molecule has 2 rings (SSSR count). The van der Waals surface area contributed by atoms with Gasteiger partial charge in [0, 0.05) is 36.0 Å². The number of hydrogen-bond donors (Lipinski definition) is 1. The largest absolute Gasteiger partial charge is 0.355 e. The van der Waals surface area contributed by atoms with Gasteiger partial charge < -0.3 is 10.2 Å². The Morgan fingerprint density at radius 2 is 1.79 bits per heavy atom. The lowest BCUT2D eigenvalue weighted by Gasteiger charge is -2.29. The minimum Gasteiger partial charge on any atom is -0.355 e. The van der Waals surface area contributed by atoms with E-state index in [-0.39, 0.29) is 11.8 Å². The molecule has 2 aromatic rings. The van der Waals surface area contributed by atoms with Crippen molar-refractivity contribution in [2.45, 2.75) is 38.6 Å². The quantitative estimate of drug-likeness (QED) is 0.577. The highest BCUT2D eigenvalue weighted by Gasteiger charge is 2.26. The first-order valence-electron chi connectivity index (χ1n) is 9.45. The van der Waals surface area contributed by atoms with Crippen LogP contribution in [-0.2, 0) is 21.9 Å². The second-order valence-electron chi connectivity index (χ2n) is 6.47. The lowest BCUT2D eigenvalue weighted by molar-refractivity contribution is -0.140. The predicted molar refractivity (Wildman–Crippen MR) is 117 cm³/mol. The summed E-state index contributed by atoms with van der Waals surface area (Å²) in [6.07, 6.45) is 0.381. The van der Waals surface area contributed by atoms with Crippen LogP contribution in [0.15, 0.2) is 54.6 Å². The first kappa shape index (κ1) is 22.3. The molecule has 0 bridgehead atoms. The maximum absolute atomic E-state index is 12.9. The fourth-order valence-electron chi connectivity index (χ4n) is 2.78. The summed E-state index contributed by atoms with van der Waals surface area (Å²) < 4.78 is 0. The number of thioether (sulfide) groups is 1. The molecule has 0 aliphatic carbocycles. The van der Waals surface area contributed by atoms with Crippen LogP contribution in [0.4, 0.5) is 0 Å². The lowest BCUT2D eigenvalue weighted by Crippen LogP contribution is -2.47. The third kappa shape index (κ3) is 6.88. The van der Waals surface area contributed by atoms with Crippen molar-refractivity contribution in [1.82, 2.24) is 10.2 Å². The molecule has 2 aromatic carbocycles. The minimum atomic E-state index is -0.553. The number of halogens is 1. The average Bonchev–Trinajstić information content (AvgIpc) is 2.71. The summed E-state index contributed by atoms with van der Waals surface area (Å²) in [5.41, 5.74) is 2.08. The van der Waals surface area contributed by atoms with E-state index in [0.717, 1.165) is 11.3 Å². The van der Waals surface area contributed by atoms with Crippen LogP contribution in [-0.4, -0.2) is 35.1 Å². The molecule has 0 aromatic heterocycles. The average molecular weight is 419 g/mol. The van der Waals surface area contributed by atoms with Gasteiger partial charge in [-0.15, -0.1) is 0 Å². The van der Waals surface area contributed by atoms with E-state index in [9.17, 15) is 9.59 Å². The Balaban J connectivity index is 1.99. The van der Waals surface area contributed by atoms with Crippen LogP contribution >= 0.6 is 23.4 Å². The Labute approximate surface area is 176 Å². The monoisotopic (exact) mass is 418 g/mol. The van der Waals surface area contributed by atoms with Gasteiger partial charge in [0.2, 0.25) is 11.8 Å². The lowest BCUT2D eigenvalue weighted by atomic mass is 10.1. The van der Waals surface area contributed by atoms with Gasteiger partial charge in [-0.2, -0.15) is 11.8 Å². The number of likely N-dealkylation sites (N-methyl/N-ethyl adjacent to an activating group) is 1. The van der Waals surface area contributed by atoms with Crippen molar-refractivity contribution in [3.05, 3.63) is 70.7 Å². The Hall–Kier alpha value is -1.98. The number of benzene rings is 2. The van der Waals surface area contributed by atoms with Gasteiger partial charge in [0.1, 0.15) is 6.04 Å². The minimum absolute atomic E-state index is 0.0424. The molecule has 6 heteroatoms. The zero-order valence-electron chi connectivity index (χ0n) is 16.4. The van der Waals surface area contributed by atoms with E-state index in [2.05, 4.69) is 17.4 Å². The normalized spacial score (nSPS) is 11.7. The number of nitrogens with zero attached hydrogens (tertiary/aromatic N) is 1. The number of nitrogens with one attached hydrogen (secondary N) is 1. The second kappa shape index (κ2) is 11.8. The van der Waals surface area contributed by atoms with Crippen LogP contribution in [0.5, 0.6) is 0 Å². The Morgan fingerprint density at radius 3 is 2.46 bits per heavy atom. The molecule has 1 atom stereocenters. The van der Waals surface area contributed by atoms with Crippen LogP contribution in [0.25, 0.3) is 0 Å². The van der Waals surface area contributed by atoms with Gasteiger partial charge in [-0.3, -0.25) is 9.59 Å². The fraction of sp³-hybridized carbons (Fsp3) is 0.364. The molecule has 0 fully saturated rings. The van der Waals surface area contributed by atoms with Gasteiger partial charge in [0.05, 0.1) is 0 Å². The van der Waals surface area contributed by atoms with Crippen molar-refractivity contribution in [1.29, 1.82) is 0 Å². The molecule has 0 spiro atoms. The smallest absolute Gasteiger partial charge is 0.242 e. The van der Waals surface area contributed by atoms with Crippen LogP contribution in [0.2, 0.25) is 5.02 Å². The molecule has 0 aliphatic rings. The summed E-state index contributed by atoms with van der Waals surface area (Å²) in [5.74, 6) is 1.37. The zero-order chi connectivity index (χ0) is 20.4. The van der Waals surface area contributed by atoms with E-state index in [1.165, 1.54) is 5.56 Å². The van der Waals surface area contributed by atoms with E-state index in [1.54, 1.807) is 29.7 Å². The highest BCUT2D eigenvalue weighted by Crippen LogP contribution is 2.20. The first-order chi connectivity index (χ1) is 13.5. The topological polar surface area (TPSA) is 49.4 Å². The van der Waals surface area contributed by atoms with E-state index in [1.807, 2.05) is 43.3 Å². The predicted octanol–water partition coefficient (Wildman–Crippen LogP) is 4.52. The molecule has 1 N–H and O–H groups in total. The third-order valence-electron chi connectivity index (χ3n) is 4.39. The fourth-order valence-corrected chi connectivity index (χ4v) is 3.87. The van der Waals surface area contributed by atoms with Crippen molar-refractivity contribution in [2.24, 2.45) is 0 Å². The van der Waals surface area contributed by atoms with Crippen molar-refractivity contribution < 1.29 is 9.59 Å². The maximum atomic E-state index is 12.9. The first-order valence-corrected chi connectivity index (χ1v) is 11.0. The van der Waals surface area contributed by atoms with Crippen LogP contribution in [0.3, 0.4) is 0 Å². The third-order valence-corrected chi connectivity index (χ3v) is 5.79. The number of amides is 2. The zero-order valence-corrected chi connectivity index (χ0v) is 17.9. The Kier molecular flexibility index (Phi) is 9.38. The molecule has 28 heavy (non-hydrogen) atoms. The van der Waals surface area contributed by atoms with Crippen LogP contribution in [0, 0.1) is 0 Å². The summed E-state index contributed by atoms with van der Waals surface area (Å²) >= 11 is 7.99. The molecule has 2 amide bonds. The molecular weight excluding hydrogens is 392 g/mol. The maximum Gasteiger partial charge on any atom is 0.242 e. The Morgan fingerprint density at radius 1 is 1.11 bits per heavy atom. The van der Waals surface area contributed by atoms with Gasteiger partial charge in [-0.25, -0.2) is 0 Å². The number of hydrogen-bond acceptors (Lipinski definition) is 3. The van der Waals surface area contributed by atoms with Gasteiger partial charge in [-0.05, 0) is 31.0 Å². The summed E-state index contributed by atoms with van der Waals surface area (Å²) in [4.78, 5) is 26.9.